The number of nitrogens with one attached hydrogen (secondary N) is 1. The Balaban J connectivity index is 1.93. The second-order valence-corrected chi connectivity index (χ2v) is 17.0. The summed E-state index contributed by atoms with van der Waals surface area (Å²) in [5.74, 6) is 0. The van der Waals surface area contributed by atoms with E-state index in [1.807, 2.05) is 0 Å². The first-order valence-electron chi connectivity index (χ1n) is 11.1. The summed E-state index contributed by atoms with van der Waals surface area (Å²) in [4.78, 5) is 4.06. The summed E-state index contributed by atoms with van der Waals surface area (Å²) in [5.41, 5.74) is 3.01. The Morgan fingerprint density at radius 2 is 1.26 bits per heavy atom. The normalized spacial score (nSPS) is 18.8. The molecule has 0 heterocycles. The summed E-state index contributed by atoms with van der Waals surface area (Å²) in [6, 6.07) is 31.2. The molecule has 0 saturated carbocycles. The maximum atomic E-state index is 4.06. The van der Waals surface area contributed by atoms with E-state index in [9.17, 15) is 0 Å². The van der Waals surface area contributed by atoms with E-state index < -0.39 is 16.2 Å². The quantitative estimate of drug-likeness (QED) is 0.402. The van der Waals surface area contributed by atoms with Crippen molar-refractivity contribution in [2.45, 2.75) is 43.1 Å². The van der Waals surface area contributed by atoms with Crippen molar-refractivity contribution in [1.82, 2.24) is 4.98 Å². The first-order valence-corrected chi connectivity index (χ1v) is 15.5. The summed E-state index contributed by atoms with van der Waals surface area (Å²) in [7, 11) is -2.51. The fraction of sp³-hybridized carbons (Fsp3) is 0.259. The Morgan fingerprint density at radius 3 is 1.77 bits per heavy atom. The Hall–Kier alpha value is -1.40. The van der Waals surface area contributed by atoms with Crippen molar-refractivity contribution in [3.8, 4) is 0 Å². The number of hydrogen-bond donors (Lipinski definition) is 1. The van der Waals surface area contributed by atoms with Crippen molar-refractivity contribution < 1.29 is 0 Å². The van der Waals surface area contributed by atoms with Gasteiger partial charge in [-0.25, -0.2) is 0 Å². The molecule has 4 rings (SSSR count). The van der Waals surface area contributed by atoms with Crippen molar-refractivity contribution >= 4 is 49.8 Å². The molecule has 3 aromatic rings. The van der Waals surface area contributed by atoms with Crippen molar-refractivity contribution in [2.24, 2.45) is 0 Å². The van der Waals surface area contributed by atoms with Gasteiger partial charge in [-0.3, -0.25) is 0 Å². The van der Waals surface area contributed by atoms with Gasteiger partial charge in [-0.1, -0.05) is 0 Å². The molecule has 1 atom stereocenters. The van der Waals surface area contributed by atoms with Gasteiger partial charge >= 0.3 is 200 Å². The van der Waals surface area contributed by atoms with E-state index in [4.69, 9.17) is 0 Å². The molecule has 0 bridgehead atoms. The summed E-state index contributed by atoms with van der Waals surface area (Å²) < 4.78 is 0.0242. The molecule has 0 aliphatic heterocycles. The number of allylic oxidation sites excluding steroid dienone is 1. The van der Waals surface area contributed by atoms with Gasteiger partial charge < -0.3 is 0 Å². The second-order valence-electron chi connectivity index (χ2n) is 10.3. The molecule has 1 aliphatic carbocycles. The van der Waals surface area contributed by atoms with Crippen LogP contribution in [0.3, 0.4) is 0 Å². The Bertz CT molecular complexity index is 1050. The SMILES string of the molecule is [Li][C]1([Si](C)(C)NC(C)(C)C)C=C(P(c2ccccc2)c2ccccc2)c2ccccc21. The summed E-state index contributed by atoms with van der Waals surface area (Å²) in [5, 5.41) is 4.33. The Kier molecular flexibility index (Phi) is 6.26. The summed E-state index contributed by atoms with van der Waals surface area (Å²) in [6.07, 6.45) is 2.63. The fourth-order valence-electron chi connectivity index (χ4n) is 4.94. The van der Waals surface area contributed by atoms with Gasteiger partial charge in [0.25, 0.3) is 0 Å². The molecule has 1 unspecified atom stereocenters. The van der Waals surface area contributed by atoms with E-state index in [-0.39, 0.29) is 9.25 Å². The molecule has 4 heteroatoms. The third-order valence-corrected chi connectivity index (χ3v) is 13.3. The minimum atomic E-state index is -1.89. The average Bonchev–Trinajstić information content (AvgIpc) is 3.03. The standard InChI is InChI=1S/C27H31NPSi.Li/c1-27(2,3)28-30(4,5)26-20-25(23-18-12-13-19-24(23)26)29(21-14-8-6-9-15-21)22-16-10-7-11-17-22;/h6-20,28H,1-5H3;. The van der Waals surface area contributed by atoms with Gasteiger partial charge in [0.05, 0.1) is 0 Å². The Morgan fingerprint density at radius 1 is 0.774 bits per heavy atom. The Labute approximate surface area is 199 Å². The molecule has 1 N–H and O–H groups in total. The number of hydrogen-bond acceptors (Lipinski definition) is 1. The van der Waals surface area contributed by atoms with Gasteiger partial charge in [0.2, 0.25) is 0 Å². The van der Waals surface area contributed by atoms with Crippen LogP contribution in [-0.2, 0) is 3.71 Å². The molecular formula is C27H31LiNPSi. The summed E-state index contributed by atoms with van der Waals surface area (Å²) in [6.45, 7) is 11.8. The van der Waals surface area contributed by atoms with Crippen LogP contribution < -0.4 is 15.6 Å². The van der Waals surface area contributed by atoms with E-state index in [1.54, 1.807) is 0 Å². The summed E-state index contributed by atoms with van der Waals surface area (Å²) >= 11 is 2.47. The molecule has 0 spiro atoms. The molecule has 3 aromatic carbocycles. The van der Waals surface area contributed by atoms with Gasteiger partial charge in [-0.15, -0.1) is 0 Å². The fourth-order valence-corrected chi connectivity index (χ4v) is 11.2. The first kappa shape index (κ1) is 22.8. The number of fused-ring (bicyclic) bond motifs is 1. The molecular weight excluding hydrogens is 404 g/mol. The van der Waals surface area contributed by atoms with Gasteiger partial charge in [0, 0.05) is 0 Å². The van der Waals surface area contributed by atoms with Gasteiger partial charge in [0.1, 0.15) is 0 Å². The molecule has 0 aromatic heterocycles. The predicted molar refractivity (Wildman–Crippen MR) is 141 cm³/mol. The van der Waals surface area contributed by atoms with Crippen LogP contribution in [0.25, 0.3) is 5.31 Å². The van der Waals surface area contributed by atoms with E-state index in [1.165, 1.54) is 27.1 Å². The van der Waals surface area contributed by atoms with Crippen LogP contribution in [-0.4, -0.2) is 31.5 Å². The van der Waals surface area contributed by atoms with Crippen molar-refractivity contribution in [2.75, 3.05) is 0 Å². The zero-order chi connectivity index (χ0) is 22.3. The van der Waals surface area contributed by atoms with Crippen molar-refractivity contribution in [3.63, 3.8) is 0 Å². The minimum absolute atomic E-state index is 0.0242. The topological polar surface area (TPSA) is 12.0 Å². The monoisotopic (exact) mass is 435 g/mol. The average molecular weight is 436 g/mol. The molecule has 31 heavy (non-hydrogen) atoms. The van der Waals surface area contributed by atoms with Crippen LogP contribution in [0, 0.1) is 0 Å². The van der Waals surface area contributed by atoms with Gasteiger partial charge in [0.15, 0.2) is 0 Å². The third kappa shape index (κ3) is 4.43. The predicted octanol–water partition coefficient (Wildman–Crippen LogP) is 5.67. The van der Waals surface area contributed by atoms with Gasteiger partial charge in [-0.05, 0) is 0 Å². The zero-order valence-corrected chi connectivity index (χ0v) is 21.5. The number of benzene rings is 3. The van der Waals surface area contributed by atoms with Crippen LogP contribution in [0.1, 0.15) is 31.9 Å². The molecule has 154 valence electrons. The molecule has 0 fully saturated rings. The molecule has 1 aliphatic rings. The van der Waals surface area contributed by atoms with Crippen molar-refractivity contribution in [3.05, 3.63) is 102 Å². The molecule has 0 saturated heterocycles. The van der Waals surface area contributed by atoms with E-state index in [2.05, 4.69) is 148 Å². The maximum absolute atomic E-state index is 4.06. The zero-order valence-electron chi connectivity index (χ0n) is 19.6. The second kappa shape index (κ2) is 8.51. The van der Waals surface area contributed by atoms with Crippen molar-refractivity contribution in [1.29, 1.82) is 0 Å². The van der Waals surface area contributed by atoms with E-state index >= 15 is 0 Å². The van der Waals surface area contributed by atoms with Crippen LogP contribution in [0.15, 0.2) is 91.0 Å². The molecule has 1 nitrogen and oxygen atoms in total. The van der Waals surface area contributed by atoms with Crippen LogP contribution in [0.5, 0.6) is 0 Å². The third-order valence-electron chi connectivity index (χ3n) is 6.44. The molecule has 0 radical (unpaired) electrons. The van der Waals surface area contributed by atoms with E-state index in [0.29, 0.717) is 0 Å². The number of rotatable bonds is 5. The van der Waals surface area contributed by atoms with Crippen LogP contribution in [0.2, 0.25) is 13.1 Å². The van der Waals surface area contributed by atoms with Crippen LogP contribution in [0.4, 0.5) is 0 Å². The van der Waals surface area contributed by atoms with Crippen LogP contribution >= 0.6 is 7.92 Å². The van der Waals surface area contributed by atoms with E-state index in [0.717, 1.165) is 0 Å². The first-order chi connectivity index (χ1) is 14.6. The van der Waals surface area contributed by atoms with Gasteiger partial charge in [-0.2, -0.15) is 0 Å². The molecule has 0 amide bonds.